The topological polar surface area (TPSA) is 98.5 Å². The van der Waals surface area contributed by atoms with E-state index >= 15 is 0 Å². The van der Waals surface area contributed by atoms with Gasteiger partial charge in [-0.05, 0) is 30.3 Å². The van der Waals surface area contributed by atoms with Crippen molar-refractivity contribution in [1.29, 1.82) is 0 Å². The van der Waals surface area contributed by atoms with Crippen molar-refractivity contribution in [2.45, 2.75) is 0 Å². The van der Waals surface area contributed by atoms with Crippen LogP contribution in [0.15, 0.2) is 36.4 Å². The Labute approximate surface area is 151 Å². The van der Waals surface area contributed by atoms with Gasteiger partial charge < -0.3 is 9.64 Å². The summed E-state index contributed by atoms with van der Waals surface area (Å²) in [6.45, 7) is 0.438. The summed E-state index contributed by atoms with van der Waals surface area (Å²) < 4.78 is 26.2. The molecule has 0 spiro atoms. The Hall–Kier alpha value is -3.14. The van der Waals surface area contributed by atoms with E-state index in [-0.39, 0.29) is 35.7 Å². The van der Waals surface area contributed by atoms with Crippen molar-refractivity contribution in [1.82, 2.24) is 13.6 Å². The van der Waals surface area contributed by atoms with Gasteiger partial charge in [-0.3, -0.25) is 14.9 Å². The van der Waals surface area contributed by atoms with Gasteiger partial charge >= 0.3 is 0 Å². The van der Waals surface area contributed by atoms with Gasteiger partial charge in [0.1, 0.15) is 23.7 Å². The summed E-state index contributed by atoms with van der Waals surface area (Å²) in [5.74, 6) is -0.276. The van der Waals surface area contributed by atoms with E-state index in [4.69, 9.17) is 4.74 Å². The molecule has 0 bridgehead atoms. The zero-order valence-corrected chi connectivity index (χ0v) is 14.4. The van der Waals surface area contributed by atoms with Crippen molar-refractivity contribution in [2.24, 2.45) is 0 Å². The molecule has 0 fully saturated rings. The molecule has 0 aliphatic carbocycles. The first-order chi connectivity index (χ1) is 12.5. The third-order valence-corrected chi connectivity index (χ3v) is 4.18. The number of halogens is 1. The molecule has 1 amide bonds. The quantitative estimate of drug-likeness (QED) is 0.485. The van der Waals surface area contributed by atoms with Gasteiger partial charge in [-0.25, -0.2) is 4.39 Å². The third kappa shape index (κ3) is 3.75. The molecule has 0 N–H and O–H groups in total. The molecule has 0 unspecified atom stereocenters. The number of benzene rings is 2. The Morgan fingerprint density at radius 2 is 2.04 bits per heavy atom. The van der Waals surface area contributed by atoms with Gasteiger partial charge in [0, 0.05) is 18.7 Å². The van der Waals surface area contributed by atoms with Crippen molar-refractivity contribution in [3.63, 3.8) is 0 Å². The fourth-order valence-corrected chi connectivity index (χ4v) is 2.83. The molecule has 26 heavy (non-hydrogen) atoms. The molecule has 0 atom stereocenters. The molecule has 0 aliphatic heterocycles. The lowest BCUT2D eigenvalue weighted by Crippen LogP contribution is -2.30. The van der Waals surface area contributed by atoms with Crippen LogP contribution in [0.2, 0.25) is 0 Å². The summed E-state index contributed by atoms with van der Waals surface area (Å²) >= 11 is 0.850. The SMILES string of the molecule is CN(CCOc1ccc(F)cc1)C(=O)c1cc([N+](=O)[O-])c2nsnc2c1. The number of amides is 1. The fraction of sp³-hybridized carbons (Fsp3) is 0.188. The number of fused-ring (bicyclic) bond motifs is 1. The number of carbonyl (C=O) groups is 1. The molecule has 0 radical (unpaired) electrons. The second kappa shape index (κ2) is 7.40. The lowest BCUT2D eigenvalue weighted by Gasteiger charge is -2.17. The van der Waals surface area contributed by atoms with E-state index < -0.39 is 10.8 Å². The molecule has 1 aromatic heterocycles. The summed E-state index contributed by atoms with van der Waals surface area (Å²) in [6.07, 6.45) is 0. The summed E-state index contributed by atoms with van der Waals surface area (Å²) in [5.41, 5.74) is 0.374. The number of nitro benzene ring substituents is 1. The second-order valence-electron chi connectivity index (χ2n) is 5.41. The molecule has 8 nitrogen and oxygen atoms in total. The monoisotopic (exact) mass is 376 g/mol. The number of hydrogen-bond acceptors (Lipinski definition) is 7. The first-order valence-corrected chi connectivity index (χ1v) is 8.23. The fourth-order valence-electron chi connectivity index (χ4n) is 2.29. The Morgan fingerprint density at radius 1 is 1.31 bits per heavy atom. The van der Waals surface area contributed by atoms with Crippen LogP contribution < -0.4 is 4.74 Å². The average Bonchev–Trinajstić information content (AvgIpc) is 3.10. The number of ether oxygens (including phenoxy) is 1. The minimum absolute atomic E-state index is 0.154. The molecule has 3 aromatic rings. The molecule has 10 heteroatoms. The molecular formula is C16H13FN4O4S. The van der Waals surface area contributed by atoms with Crippen molar-refractivity contribution in [3.8, 4) is 5.75 Å². The van der Waals surface area contributed by atoms with Crippen LogP contribution in [0.25, 0.3) is 11.0 Å². The Kier molecular flexibility index (Phi) is 5.03. The van der Waals surface area contributed by atoms with Crippen LogP contribution in [-0.2, 0) is 0 Å². The Morgan fingerprint density at radius 3 is 2.73 bits per heavy atom. The maximum absolute atomic E-state index is 12.8. The molecule has 0 aliphatic rings. The predicted molar refractivity (Wildman–Crippen MR) is 92.9 cm³/mol. The lowest BCUT2D eigenvalue weighted by atomic mass is 10.1. The predicted octanol–water partition coefficient (Wildman–Crippen LogP) is 2.89. The van der Waals surface area contributed by atoms with Crippen LogP contribution in [0.5, 0.6) is 5.75 Å². The van der Waals surface area contributed by atoms with E-state index in [0.29, 0.717) is 11.3 Å². The first-order valence-electron chi connectivity index (χ1n) is 7.50. The smallest absolute Gasteiger partial charge is 0.299 e. The first kappa shape index (κ1) is 17.7. The van der Waals surface area contributed by atoms with Gasteiger partial charge in [-0.2, -0.15) is 8.75 Å². The number of nitro groups is 1. The normalized spacial score (nSPS) is 10.7. The highest BCUT2D eigenvalue weighted by molar-refractivity contribution is 7.00. The number of non-ortho nitro benzene ring substituents is 1. The van der Waals surface area contributed by atoms with Crippen LogP contribution in [0.3, 0.4) is 0 Å². The second-order valence-corrected chi connectivity index (χ2v) is 5.94. The van der Waals surface area contributed by atoms with Crippen LogP contribution in [0, 0.1) is 15.9 Å². The van der Waals surface area contributed by atoms with E-state index in [9.17, 15) is 19.3 Å². The highest BCUT2D eigenvalue weighted by atomic mass is 32.1. The van der Waals surface area contributed by atoms with Crippen molar-refractivity contribution >= 4 is 34.4 Å². The van der Waals surface area contributed by atoms with Crippen LogP contribution >= 0.6 is 11.7 Å². The van der Waals surface area contributed by atoms with E-state index in [1.807, 2.05) is 0 Å². The van der Waals surface area contributed by atoms with E-state index in [1.54, 1.807) is 7.05 Å². The van der Waals surface area contributed by atoms with Crippen LogP contribution in [0.4, 0.5) is 10.1 Å². The lowest BCUT2D eigenvalue weighted by molar-refractivity contribution is -0.383. The number of rotatable bonds is 6. The third-order valence-electron chi connectivity index (χ3n) is 3.64. The summed E-state index contributed by atoms with van der Waals surface area (Å²) in [5, 5.41) is 11.2. The van der Waals surface area contributed by atoms with E-state index in [1.165, 1.54) is 41.3 Å². The van der Waals surface area contributed by atoms with Gasteiger partial charge in [0.15, 0.2) is 5.52 Å². The number of nitrogens with zero attached hydrogens (tertiary/aromatic N) is 4. The summed E-state index contributed by atoms with van der Waals surface area (Å²) in [6, 6.07) is 8.21. The number of likely N-dealkylation sites (N-methyl/N-ethyl adjacent to an activating group) is 1. The highest BCUT2D eigenvalue weighted by Crippen LogP contribution is 2.26. The average molecular weight is 376 g/mol. The maximum Gasteiger partial charge on any atom is 0.299 e. The van der Waals surface area contributed by atoms with Crippen molar-refractivity contribution in [2.75, 3.05) is 20.2 Å². The summed E-state index contributed by atoms with van der Waals surface area (Å²) in [7, 11) is 1.56. The van der Waals surface area contributed by atoms with Crippen LogP contribution in [-0.4, -0.2) is 44.7 Å². The molecule has 3 rings (SSSR count). The molecular weight excluding hydrogens is 363 g/mol. The van der Waals surface area contributed by atoms with Crippen molar-refractivity contribution in [3.05, 3.63) is 57.9 Å². The van der Waals surface area contributed by atoms with Gasteiger partial charge in [0.25, 0.3) is 11.6 Å². The largest absolute Gasteiger partial charge is 0.492 e. The number of carbonyl (C=O) groups excluding carboxylic acids is 1. The van der Waals surface area contributed by atoms with Crippen molar-refractivity contribution < 1.29 is 18.8 Å². The molecule has 0 saturated heterocycles. The zero-order chi connectivity index (χ0) is 18.7. The van der Waals surface area contributed by atoms with Crippen LogP contribution in [0.1, 0.15) is 10.4 Å². The van der Waals surface area contributed by atoms with Gasteiger partial charge in [0.2, 0.25) is 0 Å². The molecule has 2 aromatic carbocycles. The number of hydrogen-bond donors (Lipinski definition) is 0. The highest BCUT2D eigenvalue weighted by Gasteiger charge is 2.21. The van der Waals surface area contributed by atoms with Gasteiger partial charge in [0.05, 0.1) is 23.2 Å². The summed E-state index contributed by atoms with van der Waals surface area (Å²) in [4.78, 5) is 24.5. The van der Waals surface area contributed by atoms with E-state index in [0.717, 1.165) is 11.7 Å². The molecule has 134 valence electrons. The van der Waals surface area contributed by atoms with Gasteiger partial charge in [-0.15, -0.1) is 0 Å². The Balaban J connectivity index is 1.69. The Bertz CT molecular complexity index is 961. The van der Waals surface area contributed by atoms with E-state index in [2.05, 4.69) is 8.75 Å². The molecule has 1 heterocycles. The molecule has 0 saturated carbocycles. The minimum atomic E-state index is -0.585. The number of aromatic nitrogens is 2. The van der Waals surface area contributed by atoms with Gasteiger partial charge in [-0.1, -0.05) is 0 Å². The zero-order valence-electron chi connectivity index (χ0n) is 13.6. The standard InChI is InChI=1S/C16H13FN4O4S/c1-20(6-7-25-12-4-2-11(17)3-5-12)16(22)10-8-13-15(19-26-18-13)14(9-10)21(23)24/h2-5,8-9H,6-7H2,1H3. The maximum atomic E-state index is 12.8. The minimum Gasteiger partial charge on any atom is -0.492 e.